The summed E-state index contributed by atoms with van der Waals surface area (Å²) < 4.78 is 15.3. The van der Waals surface area contributed by atoms with Gasteiger partial charge in [0.15, 0.2) is 4.73 Å². The average molecular weight is 448 g/mol. The Morgan fingerprint density at radius 1 is 1.26 bits per heavy atom. The number of aromatic nitrogens is 3. The molecule has 0 N–H and O–H groups in total. The van der Waals surface area contributed by atoms with Crippen LogP contribution in [0.5, 0.6) is 0 Å². The highest BCUT2D eigenvalue weighted by molar-refractivity contribution is 9.10. The van der Waals surface area contributed by atoms with Crippen LogP contribution in [-0.2, 0) is 17.6 Å². The zero-order valence-corrected chi connectivity index (χ0v) is 16.3. The summed E-state index contributed by atoms with van der Waals surface area (Å²) in [5.41, 5.74) is 3.01. The zero-order valence-electron chi connectivity index (χ0n) is 14.0. The van der Waals surface area contributed by atoms with Crippen LogP contribution >= 0.6 is 27.5 Å². The molecule has 8 heteroatoms. The van der Waals surface area contributed by atoms with Crippen LogP contribution in [0.2, 0.25) is 5.15 Å². The number of nitrogens with zero attached hydrogens (tertiary/aromatic N) is 4. The summed E-state index contributed by atoms with van der Waals surface area (Å²) in [5.74, 6) is -0.652. The molecular weight excluding hydrogens is 435 g/mol. The van der Waals surface area contributed by atoms with Gasteiger partial charge in [0.1, 0.15) is 11.0 Å². The first-order valence-corrected chi connectivity index (χ1v) is 9.41. The zero-order chi connectivity index (χ0) is 19.0. The molecule has 0 aliphatic carbocycles. The Morgan fingerprint density at radius 3 is 2.89 bits per heavy atom. The van der Waals surface area contributed by atoms with Gasteiger partial charge in [0.25, 0.3) is 0 Å². The van der Waals surface area contributed by atoms with E-state index in [4.69, 9.17) is 11.6 Å². The number of benzene rings is 1. The molecule has 0 fully saturated rings. The molecule has 1 aliphatic heterocycles. The molecule has 27 heavy (non-hydrogen) atoms. The SMILES string of the molecule is O=C(Cc1cccnc1Cl)N1CCc2cc(-c3ccnc(Br)n3)cc(F)c21. The highest BCUT2D eigenvalue weighted by Crippen LogP contribution is 2.35. The molecule has 1 aliphatic rings. The number of hydrogen-bond acceptors (Lipinski definition) is 4. The minimum atomic E-state index is -0.444. The van der Waals surface area contributed by atoms with E-state index in [9.17, 15) is 9.18 Å². The molecule has 0 atom stereocenters. The molecule has 0 unspecified atom stereocenters. The Kier molecular flexibility index (Phi) is 4.88. The van der Waals surface area contributed by atoms with E-state index in [2.05, 4.69) is 30.9 Å². The fourth-order valence-corrected chi connectivity index (χ4v) is 3.69. The molecule has 0 radical (unpaired) electrons. The first-order valence-electron chi connectivity index (χ1n) is 8.24. The van der Waals surface area contributed by atoms with Crippen LogP contribution in [-0.4, -0.2) is 27.4 Å². The van der Waals surface area contributed by atoms with Gasteiger partial charge in [-0.25, -0.2) is 19.3 Å². The van der Waals surface area contributed by atoms with Gasteiger partial charge < -0.3 is 4.90 Å². The van der Waals surface area contributed by atoms with Crippen molar-refractivity contribution in [3.05, 3.63) is 69.6 Å². The van der Waals surface area contributed by atoms with Gasteiger partial charge in [0, 0.05) is 24.5 Å². The predicted octanol–water partition coefficient (Wildman–Crippen LogP) is 4.23. The van der Waals surface area contributed by atoms with E-state index >= 15 is 0 Å². The standard InChI is InChI=1S/C19H13BrClFN4O/c20-19-24-6-3-15(25-19)13-8-11-4-7-26(17(11)14(22)9-13)16(27)10-12-2-1-5-23-18(12)21/h1-3,5-6,8-9H,4,7,10H2. The van der Waals surface area contributed by atoms with Crippen molar-refractivity contribution in [3.8, 4) is 11.3 Å². The van der Waals surface area contributed by atoms with E-state index in [1.807, 2.05) is 6.07 Å². The second-order valence-electron chi connectivity index (χ2n) is 6.10. The third kappa shape index (κ3) is 3.57. The van der Waals surface area contributed by atoms with Gasteiger partial charge in [-0.3, -0.25) is 4.79 Å². The molecule has 1 aromatic carbocycles. The summed E-state index contributed by atoms with van der Waals surface area (Å²) in [6, 6.07) is 8.46. The van der Waals surface area contributed by atoms with Gasteiger partial charge in [-0.2, -0.15) is 0 Å². The second kappa shape index (κ2) is 7.32. The van der Waals surface area contributed by atoms with Gasteiger partial charge in [-0.1, -0.05) is 17.7 Å². The van der Waals surface area contributed by atoms with E-state index in [1.165, 1.54) is 11.0 Å². The van der Waals surface area contributed by atoms with Crippen molar-refractivity contribution in [2.24, 2.45) is 0 Å². The van der Waals surface area contributed by atoms with Crippen LogP contribution in [0, 0.1) is 5.82 Å². The van der Waals surface area contributed by atoms with Crippen LogP contribution in [0.25, 0.3) is 11.3 Å². The normalized spacial score (nSPS) is 12.9. The average Bonchev–Trinajstić information content (AvgIpc) is 3.08. The minimum Gasteiger partial charge on any atom is -0.309 e. The number of amides is 1. The Bertz CT molecular complexity index is 1050. The number of carbonyl (C=O) groups excluding carboxylic acids is 1. The highest BCUT2D eigenvalue weighted by atomic mass is 79.9. The molecule has 3 heterocycles. The fourth-order valence-electron chi connectivity index (χ4n) is 3.20. The van der Waals surface area contributed by atoms with Crippen LogP contribution < -0.4 is 4.90 Å². The summed E-state index contributed by atoms with van der Waals surface area (Å²) in [6.45, 7) is 0.430. The van der Waals surface area contributed by atoms with Crippen LogP contribution in [0.4, 0.5) is 10.1 Å². The molecular formula is C19H13BrClFN4O. The highest BCUT2D eigenvalue weighted by Gasteiger charge is 2.29. The lowest BCUT2D eigenvalue weighted by Crippen LogP contribution is -2.31. The summed E-state index contributed by atoms with van der Waals surface area (Å²) in [4.78, 5) is 26.4. The van der Waals surface area contributed by atoms with Gasteiger partial charge in [0.05, 0.1) is 17.8 Å². The summed E-state index contributed by atoms with van der Waals surface area (Å²) in [6.07, 6.45) is 3.82. The third-order valence-corrected chi connectivity index (χ3v) is 5.14. The Morgan fingerprint density at radius 2 is 2.11 bits per heavy atom. The van der Waals surface area contributed by atoms with Crippen molar-refractivity contribution >= 4 is 39.1 Å². The number of hydrogen-bond donors (Lipinski definition) is 0. The smallest absolute Gasteiger partial charge is 0.231 e. The first-order chi connectivity index (χ1) is 13.0. The summed E-state index contributed by atoms with van der Waals surface area (Å²) in [5, 5.41) is 0.287. The first kappa shape index (κ1) is 18.0. The van der Waals surface area contributed by atoms with E-state index in [0.717, 1.165) is 5.56 Å². The molecule has 5 nitrogen and oxygen atoms in total. The second-order valence-corrected chi connectivity index (χ2v) is 7.17. The van der Waals surface area contributed by atoms with Crippen molar-refractivity contribution in [1.82, 2.24) is 15.0 Å². The molecule has 0 spiro atoms. The van der Waals surface area contributed by atoms with Crippen molar-refractivity contribution in [2.45, 2.75) is 12.8 Å². The molecule has 0 bridgehead atoms. The van der Waals surface area contributed by atoms with E-state index in [-0.39, 0.29) is 17.5 Å². The van der Waals surface area contributed by atoms with Crippen molar-refractivity contribution < 1.29 is 9.18 Å². The number of anilines is 1. The van der Waals surface area contributed by atoms with E-state index < -0.39 is 5.82 Å². The Labute approximate surface area is 168 Å². The number of halogens is 3. The van der Waals surface area contributed by atoms with Gasteiger partial charge in [-0.05, 0) is 57.7 Å². The quantitative estimate of drug-likeness (QED) is 0.445. The van der Waals surface area contributed by atoms with Crippen molar-refractivity contribution in [1.29, 1.82) is 0 Å². The molecule has 3 aromatic rings. The molecule has 1 amide bonds. The number of rotatable bonds is 3. The Balaban J connectivity index is 1.64. The lowest BCUT2D eigenvalue weighted by molar-refractivity contribution is -0.117. The lowest BCUT2D eigenvalue weighted by Gasteiger charge is -2.18. The third-order valence-electron chi connectivity index (χ3n) is 4.42. The molecule has 0 saturated carbocycles. The number of pyridine rings is 1. The monoisotopic (exact) mass is 446 g/mol. The maximum Gasteiger partial charge on any atom is 0.231 e. The maximum atomic E-state index is 14.9. The minimum absolute atomic E-state index is 0.0756. The number of fused-ring (bicyclic) bond motifs is 1. The van der Waals surface area contributed by atoms with Crippen molar-refractivity contribution in [3.63, 3.8) is 0 Å². The predicted molar refractivity (Wildman–Crippen MR) is 104 cm³/mol. The summed E-state index contributed by atoms with van der Waals surface area (Å²) in [7, 11) is 0. The number of carbonyl (C=O) groups is 1. The van der Waals surface area contributed by atoms with Gasteiger partial charge in [0.2, 0.25) is 5.91 Å². The Hall–Kier alpha value is -2.38. The van der Waals surface area contributed by atoms with Crippen LogP contribution in [0.1, 0.15) is 11.1 Å². The largest absolute Gasteiger partial charge is 0.309 e. The van der Waals surface area contributed by atoms with E-state index in [1.54, 1.807) is 30.6 Å². The van der Waals surface area contributed by atoms with Gasteiger partial charge >= 0.3 is 0 Å². The van der Waals surface area contributed by atoms with Crippen molar-refractivity contribution in [2.75, 3.05) is 11.4 Å². The van der Waals surface area contributed by atoms with Gasteiger partial charge in [-0.15, -0.1) is 0 Å². The molecule has 4 rings (SSSR count). The molecule has 136 valence electrons. The summed E-state index contributed by atoms with van der Waals surface area (Å²) >= 11 is 9.26. The van der Waals surface area contributed by atoms with Crippen LogP contribution in [0.3, 0.4) is 0 Å². The van der Waals surface area contributed by atoms with Crippen LogP contribution in [0.15, 0.2) is 47.5 Å². The fraction of sp³-hybridized carbons (Fsp3) is 0.158. The maximum absolute atomic E-state index is 14.9. The lowest BCUT2D eigenvalue weighted by atomic mass is 10.1. The topological polar surface area (TPSA) is 59.0 Å². The molecule has 0 saturated heterocycles. The molecule has 2 aromatic heterocycles. The van der Waals surface area contributed by atoms with E-state index in [0.29, 0.717) is 40.2 Å².